The maximum atomic E-state index is 13.3. The number of carbonyl (C=O) groups excluding carboxylic acids is 2. The Morgan fingerprint density at radius 1 is 1.00 bits per heavy atom. The number of hydrogen-bond donors (Lipinski definition) is 2. The number of thiophene rings is 2. The lowest BCUT2D eigenvalue weighted by molar-refractivity contribution is 0.102. The molecule has 0 fully saturated rings. The Morgan fingerprint density at radius 2 is 1.77 bits per heavy atom. The second-order valence-corrected chi connectivity index (χ2v) is 10.8. The number of hydrogen-bond acceptors (Lipinski definition) is 4. The third-order valence-electron chi connectivity index (χ3n) is 5.72. The van der Waals surface area contributed by atoms with Gasteiger partial charge in [0.15, 0.2) is 0 Å². The van der Waals surface area contributed by atoms with E-state index >= 15 is 0 Å². The fraction of sp³-hybridized carbons (Fsp3) is 0.333. The van der Waals surface area contributed by atoms with Crippen molar-refractivity contribution in [3.63, 3.8) is 0 Å². The third-order valence-corrected chi connectivity index (χ3v) is 7.76. The number of carbonyl (C=O) groups is 2. The van der Waals surface area contributed by atoms with E-state index in [0.717, 1.165) is 30.5 Å². The van der Waals surface area contributed by atoms with Crippen LogP contribution in [-0.4, -0.2) is 11.8 Å². The molecular weight excluding hydrogens is 412 g/mol. The van der Waals surface area contributed by atoms with Crippen molar-refractivity contribution in [3.8, 4) is 0 Å². The van der Waals surface area contributed by atoms with Crippen molar-refractivity contribution < 1.29 is 9.59 Å². The van der Waals surface area contributed by atoms with Crippen molar-refractivity contribution >= 4 is 45.2 Å². The number of nitrogens with one attached hydrogen (secondary N) is 2. The number of rotatable bonds is 4. The SMILES string of the molecule is CC(C)(C)C1CCc2c(sc(NC(=O)c3cccs3)c2C(=O)Nc2ccccc2)C1. The number of anilines is 2. The first-order chi connectivity index (χ1) is 14.3. The van der Waals surface area contributed by atoms with Gasteiger partial charge in [-0.3, -0.25) is 9.59 Å². The predicted molar refractivity (Wildman–Crippen MR) is 126 cm³/mol. The van der Waals surface area contributed by atoms with Gasteiger partial charge >= 0.3 is 0 Å². The molecule has 0 radical (unpaired) electrons. The Hall–Kier alpha value is -2.44. The van der Waals surface area contributed by atoms with Gasteiger partial charge in [-0.25, -0.2) is 0 Å². The van der Waals surface area contributed by atoms with Crippen molar-refractivity contribution in [2.45, 2.75) is 40.0 Å². The lowest BCUT2D eigenvalue weighted by atomic mass is 9.72. The summed E-state index contributed by atoms with van der Waals surface area (Å²) in [6, 6.07) is 13.1. The van der Waals surface area contributed by atoms with Crippen LogP contribution in [0.25, 0.3) is 0 Å². The third kappa shape index (κ3) is 4.35. The second kappa shape index (κ2) is 8.36. The fourth-order valence-electron chi connectivity index (χ4n) is 3.94. The summed E-state index contributed by atoms with van der Waals surface area (Å²) in [6.07, 6.45) is 2.86. The van der Waals surface area contributed by atoms with Gasteiger partial charge in [-0.2, -0.15) is 0 Å². The second-order valence-electron chi connectivity index (χ2n) is 8.77. The Kier molecular flexibility index (Phi) is 5.80. The summed E-state index contributed by atoms with van der Waals surface area (Å²) in [6.45, 7) is 6.83. The first-order valence-electron chi connectivity index (χ1n) is 10.2. The summed E-state index contributed by atoms with van der Waals surface area (Å²) in [5.74, 6) is 0.244. The molecule has 3 aromatic rings. The van der Waals surface area contributed by atoms with Gasteiger partial charge in [0, 0.05) is 10.6 Å². The van der Waals surface area contributed by atoms with E-state index in [2.05, 4.69) is 31.4 Å². The van der Waals surface area contributed by atoms with Gasteiger partial charge < -0.3 is 10.6 Å². The minimum Gasteiger partial charge on any atom is -0.322 e. The lowest BCUT2D eigenvalue weighted by Gasteiger charge is -2.33. The molecule has 1 atom stereocenters. The zero-order valence-corrected chi connectivity index (χ0v) is 19.1. The molecule has 0 saturated heterocycles. The molecule has 4 nitrogen and oxygen atoms in total. The van der Waals surface area contributed by atoms with Crippen LogP contribution in [0.3, 0.4) is 0 Å². The molecule has 30 heavy (non-hydrogen) atoms. The van der Waals surface area contributed by atoms with E-state index in [-0.39, 0.29) is 17.2 Å². The Balaban J connectivity index is 1.68. The summed E-state index contributed by atoms with van der Waals surface area (Å²) in [7, 11) is 0. The standard InChI is InChI=1S/C24H26N2O2S2/c1-24(2,3)15-11-12-17-19(14-15)30-23(26-21(27)18-10-7-13-29-18)20(17)22(28)25-16-8-5-4-6-9-16/h4-10,13,15H,11-12,14H2,1-3H3,(H,25,28)(H,26,27). The molecule has 2 amide bonds. The van der Waals surface area contributed by atoms with Gasteiger partial charge in [0.2, 0.25) is 0 Å². The summed E-state index contributed by atoms with van der Waals surface area (Å²) in [5.41, 5.74) is 2.68. The van der Waals surface area contributed by atoms with Gasteiger partial charge in [-0.05, 0) is 59.7 Å². The fourth-order valence-corrected chi connectivity index (χ4v) is 5.88. The van der Waals surface area contributed by atoms with E-state index in [9.17, 15) is 9.59 Å². The summed E-state index contributed by atoms with van der Waals surface area (Å²) in [5, 5.41) is 8.56. The number of amides is 2. The van der Waals surface area contributed by atoms with Crippen LogP contribution in [0.2, 0.25) is 0 Å². The van der Waals surface area contributed by atoms with E-state index in [1.165, 1.54) is 16.2 Å². The lowest BCUT2D eigenvalue weighted by Crippen LogP contribution is -2.27. The first-order valence-corrected chi connectivity index (χ1v) is 11.9. The largest absolute Gasteiger partial charge is 0.322 e. The van der Waals surface area contributed by atoms with Gasteiger partial charge in [0.05, 0.1) is 10.4 Å². The molecule has 1 unspecified atom stereocenters. The van der Waals surface area contributed by atoms with Crippen LogP contribution in [-0.2, 0) is 12.8 Å². The highest BCUT2D eigenvalue weighted by Crippen LogP contribution is 2.44. The number of benzene rings is 1. The highest BCUT2D eigenvalue weighted by molar-refractivity contribution is 7.17. The van der Waals surface area contributed by atoms with E-state index in [1.54, 1.807) is 17.4 Å². The molecule has 0 saturated carbocycles. The van der Waals surface area contributed by atoms with Crippen LogP contribution in [0.15, 0.2) is 47.8 Å². The maximum absolute atomic E-state index is 13.3. The van der Waals surface area contributed by atoms with Crippen molar-refractivity contribution in [1.29, 1.82) is 0 Å². The van der Waals surface area contributed by atoms with Crippen molar-refractivity contribution in [3.05, 3.63) is 68.7 Å². The average Bonchev–Trinajstić information content (AvgIpc) is 3.35. The van der Waals surface area contributed by atoms with E-state index in [0.29, 0.717) is 21.4 Å². The zero-order valence-electron chi connectivity index (χ0n) is 17.5. The van der Waals surface area contributed by atoms with Gasteiger partial charge in [0.25, 0.3) is 11.8 Å². The van der Waals surface area contributed by atoms with E-state index in [1.807, 2.05) is 41.8 Å². The summed E-state index contributed by atoms with van der Waals surface area (Å²) < 4.78 is 0. The molecule has 1 aromatic carbocycles. The highest BCUT2D eigenvalue weighted by Gasteiger charge is 2.34. The molecule has 6 heteroatoms. The number of para-hydroxylation sites is 1. The zero-order chi connectivity index (χ0) is 21.3. The monoisotopic (exact) mass is 438 g/mol. The first kappa shape index (κ1) is 20.8. The molecule has 0 aliphatic heterocycles. The van der Waals surface area contributed by atoms with Crippen LogP contribution >= 0.6 is 22.7 Å². The van der Waals surface area contributed by atoms with Crippen LogP contribution in [0.4, 0.5) is 10.7 Å². The van der Waals surface area contributed by atoms with E-state index < -0.39 is 0 Å². The van der Waals surface area contributed by atoms with Gasteiger partial charge in [0.1, 0.15) is 5.00 Å². The van der Waals surface area contributed by atoms with Crippen LogP contribution < -0.4 is 10.6 Å². The van der Waals surface area contributed by atoms with Crippen LogP contribution in [0.5, 0.6) is 0 Å². The van der Waals surface area contributed by atoms with Gasteiger partial charge in [-0.1, -0.05) is 45.0 Å². The molecule has 156 valence electrons. The molecule has 2 N–H and O–H groups in total. The minimum atomic E-state index is -0.162. The normalized spacial score (nSPS) is 16.0. The molecule has 1 aliphatic carbocycles. The molecule has 0 bridgehead atoms. The van der Waals surface area contributed by atoms with E-state index in [4.69, 9.17) is 0 Å². The Morgan fingerprint density at radius 3 is 2.43 bits per heavy atom. The smallest absolute Gasteiger partial charge is 0.266 e. The minimum absolute atomic E-state index is 0.158. The topological polar surface area (TPSA) is 58.2 Å². The maximum Gasteiger partial charge on any atom is 0.266 e. The van der Waals surface area contributed by atoms with Crippen molar-refractivity contribution in [2.24, 2.45) is 11.3 Å². The Bertz CT molecular complexity index is 1050. The molecule has 0 spiro atoms. The average molecular weight is 439 g/mol. The van der Waals surface area contributed by atoms with Crippen molar-refractivity contribution in [2.75, 3.05) is 10.6 Å². The molecular formula is C24H26N2O2S2. The quantitative estimate of drug-likeness (QED) is 0.491. The molecule has 2 aromatic heterocycles. The molecule has 4 rings (SSSR count). The highest BCUT2D eigenvalue weighted by atomic mass is 32.1. The van der Waals surface area contributed by atoms with Crippen molar-refractivity contribution in [1.82, 2.24) is 0 Å². The number of fused-ring (bicyclic) bond motifs is 1. The van der Waals surface area contributed by atoms with Gasteiger partial charge in [-0.15, -0.1) is 22.7 Å². The summed E-state index contributed by atoms with van der Waals surface area (Å²) >= 11 is 2.96. The molecule has 2 heterocycles. The van der Waals surface area contributed by atoms with Crippen LogP contribution in [0.1, 0.15) is 57.7 Å². The Labute approximate surface area is 185 Å². The van der Waals surface area contributed by atoms with Crippen LogP contribution in [0, 0.1) is 11.3 Å². The summed E-state index contributed by atoms with van der Waals surface area (Å²) in [4.78, 5) is 27.8. The predicted octanol–water partition coefficient (Wildman–Crippen LogP) is 6.47. The molecule has 1 aliphatic rings.